The Morgan fingerprint density at radius 3 is 1.93 bits per heavy atom. The van der Waals surface area contributed by atoms with Crippen molar-refractivity contribution in [3.05, 3.63) is 34.4 Å². The minimum absolute atomic E-state index is 0.0174. The molecule has 0 spiro atoms. The minimum atomic E-state index is -0.0174. The Kier molecular flexibility index (Phi) is 12.2. The molecule has 2 heteroatoms. The SMILES string of the molecule is CC(=CCC1=CC(=O)C(C)=C(C)C1=O)CCC[C@H](C)CCC[C@H](C)CCCC(C)C. The molecule has 0 aromatic heterocycles. The van der Waals surface area contributed by atoms with Crippen LogP contribution >= 0.6 is 0 Å². The molecule has 0 fully saturated rings. The molecule has 1 aliphatic rings. The first-order chi connectivity index (χ1) is 14.1. The second-order valence-corrected chi connectivity index (χ2v) is 10.2. The first-order valence-corrected chi connectivity index (χ1v) is 12.2. The fraction of sp³-hybridized carbons (Fsp3) is 0.714. The lowest BCUT2D eigenvalue weighted by Gasteiger charge is -2.15. The smallest absolute Gasteiger partial charge is 0.185 e. The molecule has 0 bridgehead atoms. The van der Waals surface area contributed by atoms with Gasteiger partial charge in [0.2, 0.25) is 0 Å². The number of carbonyl (C=O) groups excluding carboxylic acids is 2. The monoisotopic (exact) mass is 414 g/mol. The van der Waals surface area contributed by atoms with Gasteiger partial charge in [-0.15, -0.1) is 0 Å². The van der Waals surface area contributed by atoms with E-state index in [1.54, 1.807) is 13.8 Å². The molecule has 0 amide bonds. The number of rotatable bonds is 14. The molecule has 0 saturated heterocycles. The summed E-state index contributed by atoms with van der Waals surface area (Å²) in [5.41, 5.74) is 3.15. The van der Waals surface area contributed by atoms with Crippen LogP contribution in [-0.2, 0) is 9.59 Å². The van der Waals surface area contributed by atoms with Crippen LogP contribution in [-0.4, -0.2) is 11.6 Å². The van der Waals surface area contributed by atoms with E-state index < -0.39 is 0 Å². The summed E-state index contributed by atoms with van der Waals surface area (Å²) in [7, 11) is 0. The molecule has 170 valence electrons. The molecule has 30 heavy (non-hydrogen) atoms. The average molecular weight is 415 g/mol. The van der Waals surface area contributed by atoms with E-state index in [1.807, 2.05) is 0 Å². The Balaban J connectivity index is 2.23. The summed E-state index contributed by atoms with van der Waals surface area (Å²) in [5.74, 6) is 2.51. The highest BCUT2D eigenvalue weighted by molar-refractivity contribution is 6.22. The molecular formula is C28H46O2. The topological polar surface area (TPSA) is 34.1 Å². The molecular weight excluding hydrogens is 368 g/mol. The summed E-state index contributed by atoms with van der Waals surface area (Å²) < 4.78 is 0. The lowest BCUT2D eigenvalue weighted by molar-refractivity contribution is -0.115. The van der Waals surface area contributed by atoms with Crippen LogP contribution in [0, 0.1) is 17.8 Å². The Morgan fingerprint density at radius 2 is 1.37 bits per heavy atom. The van der Waals surface area contributed by atoms with Crippen molar-refractivity contribution in [2.24, 2.45) is 17.8 Å². The first-order valence-electron chi connectivity index (χ1n) is 12.2. The standard InChI is InChI=1S/C28H46O2/c1-20(2)11-8-12-21(3)13-9-14-22(4)15-10-16-23(5)17-18-26-19-27(29)24(6)25(7)28(26)30/h17,19-22H,8-16,18H2,1-7H3/t21-,22-/m1/s1. The van der Waals surface area contributed by atoms with Gasteiger partial charge in [-0.2, -0.15) is 0 Å². The van der Waals surface area contributed by atoms with Gasteiger partial charge in [-0.05, 0) is 63.9 Å². The van der Waals surface area contributed by atoms with Gasteiger partial charge in [-0.25, -0.2) is 0 Å². The predicted molar refractivity (Wildman–Crippen MR) is 130 cm³/mol. The molecule has 0 radical (unpaired) electrons. The minimum Gasteiger partial charge on any atom is -0.290 e. The van der Waals surface area contributed by atoms with Gasteiger partial charge >= 0.3 is 0 Å². The molecule has 2 atom stereocenters. The number of hydrogen-bond acceptors (Lipinski definition) is 2. The van der Waals surface area contributed by atoms with E-state index in [2.05, 4.69) is 40.7 Å². The van der Waals surface area contributed by atoms with Gasteiger partial charge in [0.15, 0.2) is 11.6 Å². The summed E-state index contributed by atoms with van der Waals surface area (Å²) in [6, 6.07) is 0. The maximum atomic E-state index is 12.3. The zero-order valence-corrected chi connectivity index (χ0v) is 20.8. The lowest BCUT2D eigenvalue weighted by atomic mass is 9.89. The van der Waals surface area contributed by atoms with Crippen molar-refractivity contribution in [1.82, 2.24) is 0 Å². The fourth-order valence-corrected chi connectivity index (χ4v) is 4.17. The van der Waals surface area contributed by atoms with E-state index >= 15 is 0 Å². The quantitative estimate of drug-likeness (QED) is 0.212. The van der Waals surface area contributed by atoms with Crippen LogP contribution in [0.1, 0.15) is 113 Å². The molecule has 2 nitrogen and oxygen atoms in total. The number of hydrogen-bond donors (Lipinski definition) is 0. The Labute approximate surface area is 186 Å². The molecule has 1 aliphatic carbocycles. The summed E-state index contributed by atoms with van der Waals surface area (Å²) in [6.07, 6.45) is 16.0. The van der Waals surface area contributed by atoms with Crippen molar-refractivity contribution < 1.29 is 9.59 Å². The van der Waals surface area contributed by atoms with Gasteiger partial charge in [-0.3, -0.25) is 9.59 Å². The average Bonchev–Trinajstić information content (AvgIpc) is 2.67. The van der Waals surface area contributed by atoms with E-state index in [0.29, 0.717) is 23.1 Å². The van der Waals surface area contributed by atoms with Crippen molar-refractivity contribution in [1.29, 1.82) is 0 Å². The first kappa shape index (κ1) is 26.6. The lowest BCUT2D eigenvalue weighted by Crippen LogP contribution is -2.16. The highest BCUT2D eigenvalue weighted by Crippen LogP contribution is 2.24. The highest BCUT2D eigenvalue weighted by atomic mass is 16.1. The maximum Gasteiger partial charge on any atom is 0.185 e. The Hall–Kier alpha value is -1.44. The number of allylic oxidation sites excluding steroid dienone is 6. The van der Waals surface area contributed by atoms with E-state index in [9.17, 15) is 9.59 Å². The highest BCUT2D eigenvalue weighted by Gasteiger charge is 2.22. The van der Waals surface area contributed by atoms with Gasteiger partial charge in [-0.1, -0.05) is 84.3 Å². The third-order valence-corrected chi connectivity index (χ3v) is 6.68. The Morgan fingerprint density at radius 1 is 0.833 bits per heavy atom. The van der Waals surface area contributed by atoms with Crippen LogP contribution in [0.15, 0.2) is 34.4 Å². The predicted octanol–water partition coefficient (Wildman–Crippen LogP) is 8.18. The zero-order valence-electron chi connectivity index (χ0n) is 20.8. The second kappa shape index (κ2) is 13.8. The second-order valence-electron chi connectivity index (χ2n) is 10.2. The summed E-state index contributed by atoms with van der Waals surface area (Å²) in [6.45, 7) is 15.1. The van der Waals surface area contributed by atoms with Crippen LogP contribution in [0.5, 0.6) is 0 Å². The van der Waals surface area contributed by atoms with E-state index in [4.69, 9.17) is 0 Å². The molecule has 0 unspecified atom stereocenters. The largest absolute Gasteiger partial charge is 0.290 e. The summed E-state index contributed by atoms with van der Waals surface area (Å²) in [4.78, 5) is 24.3. The molecule has 0 aromatic rings. The summed E-state index contributed by atoms with van der Waals surface area (Å²) in [5, 5.41) is 0. The van der Waals surface area contributed by atoms with Crippen molar-refractivity contribution in [2.45, 2.75) is 113 Å². The zero-order chi connectivity index (χ0) is 22.7. The van der Waals surface area contributed by atoms with E-state index in [-0.39, 0.29) is 11.6 Å². The van der Waals surface area contributed by atoms with E-state index in [1.165, 1.54) is 63.0 Å². The van der Waals surface area contributed by atoms with Gasteiger partial charge < -0.3 is 0 Å². The van der Waals surface area contributed by atoms with Crippen molar-refractivity contribution in [2.75, 3.05) is 0 Å². The van der Waals surface area contributed by atoms with Gasteiger partial charge in [0.1, 0.15) is 0 Å². The third kappa shape index (κ3) is 10.0. The number of ketones is 2. The fourth-order valence-electron chi connectivity index (χ4n) is 4.17. The van der Waals surface area contributed by atoms with Crippen molar-refractivity contribution in [3.63, 3.8) is 0 Å². The molecule has 0 aliphatic heterocycles. The van der Waals surface area contributed by atoms with E-state index in [0.717, 1.165) is 24.2 Å². The van der Waals surface area contributed by atoms with Crippen LogP contribution in [0.25, 0.3) is 0 Å². The normalized spacial score (nSPS) is 17.6. The molecule has 1 rings (SSSR count). The van der Waals surface area contributed by atoms with Crippen LogP contribution in [0.4, 0.5) is 0 Å². The van der Waals surface area contributed by atoms with Crippen LogP contribution in [0.3, 0.4) is 0 Å². The van der Waals surface area contributed by atoms with Gasteiger partial charge in [0.05, 0.1) is 0 Å². The number of carbonyl (C=O) groups is 2. The molecule has 0 N–H and O–H groups in total. The van der Waals surface area contributed by atoms with Crippen LogP contribution in [0.2, 0.25) is 0 Å². The number of Topliss-reactive ketones (excluding diaryl/α,β-unsaturated/α-hetero) is 1. The Bertz CT molecular complexity index is 660. The van der Waals surface area contributed by atoms with Crippen molar-refractivity contribution >= 4 is 11.6 Å². The third-order valence-electron chi connectivity index (χ3n) is 6.68. The molecule has 0 saturated carbocycles. The summed E-state index contributed by atoms with van der Waals surface area (Å²) >= 11 is 0. The maximum absolute atomic E-state index is 12.3. The van der Waals surface area contributed by atoms with Gasteiger partial charge in [0.25, 0.3) is 0 Å². The molecule has 0 aromatic carbocycles. The van der Waals surface area contributed by atoms with Crippen molar-refractivity contribution in [3.8, 4) is 0 Å². The van der Waals surface area contributed by atoms with Crippen LogP contribution < -0.4 is 0 Å². The molecule has 0 heterocycles. The van der Waals surface area contributed by atoms with Gasteiger partial charge in [0, 0.05) is 16.7 Å².